The molecule has 1 unspecified atom stereocenters. The van der Waals surface area contributed by atoms with Crippen molar-refractivity contribution < 1.29 is 8.42 Å². The van der Waals surface area contributed by atoms with E-state index in [2.05, 4.69) is 0 Å². The summed E-state index contributed by atoms with van der Waals surface area (Å²) in [6, 6.07) is 7.11. The average Bonchev–Trinajstić information content (AvgIpc) is 2.66. The minimum Gasteiger partial charge on any atom is -0.223 e. The first kappa shape index (κ1) is 11.4. The largest absolute Gasteiger partial charge is 0.223 e. The van der Waals surface area contributed by atoms with Crippen molar-refractivity contribution in [2.45, 2.75) is 36.8 Å². The number of hydrogen-bond donors (Lipinski definition) is 0. The van der Waals surface area contributed by atoms with Crippen LogP contribution in [0.25, 0.3) is 0 Å². The summed E-state index contributed by atoms with van der Waals surface area (Å²) in [6.45, 7) is 3.95. The van der Waals surface area contributed by atoms with Gasteiger partial charge in [-0.05, 0) is 38.8 Å². The molecule has 0 amide bonds. The molecule has 0 aliphatic heterocycles. The Morgan fingerprint density at radius 3 is 2.25 bits per heavy atom. The number of rotatable bonds is 2. The molecule has 1 aromatic carbocycles. The van der Waals surface area contributed by atoms with Crippen molar-refractivity contribution in [1.82, 2.24) is 0 Å². The molecule has 0 N–H and O–H groups in total. The Labute approximate surface area is 96.9 Å². The van der Waals surface area contributed by atoms with Crippen molar-refractivity contribution in [3.05, 3.63) is 41.5 Å². The second-order valence-corrected chi connectivity index (χ2v) is 6.70. The second kappa shape index (κ2) is 4.06. The van der Waals surface area contributed by atoms with E-state index >= 15 is 0 Å². The summed E-state index contributed by atoms with van der Waals surface area (Å²) in [6.07, 6.45) is 3.36. The summed E-state index contributed by atoms with van der Waals surface area (Å²) in [5.74, 6) is 0. The van der Waals surface area contributed by atoms with Crippen LogP contribution in [0.4, 0.5) is 0 Å². The monoisotopic (exact) mass is 236 g/mol. The topological polar surface area (TPSA) is 34.1 Å². The molecule has 1 aliphatic rings. The van der Waals surface area contributed by atoms with Gasteiger partial charge in [0.05, 0.1) is 10.1 Å². The predicted octanol–water partition coefficient (Wildman–Crippen LogP) is 2.88. The Morgan fingerprint density at radius 2 is 1.75 bits per heavy atom. The molecule has 0 saturated carbocycles. The highest BCUT2D eigenvalue weighted by atomic mass is 32.2. The molecule has 86 valence electrons. The smallest absolute Gasteiger partial charge is 0.181 e. The Hall–Kier alpha value is -1.09. The van der Waals surface area contributed by atoms with Gasteiger partial charge in [0.2, 0.25) is 0 Å². The highest BCUT2D eigenvalue weighted by Crippen LogP contribution is 2.29. The van der Waals surface area contributed by atoms with Crippen molar-refractivity contribution in [2.75, 3.05) is 0 Å². The van der Waals surface area contributed by atoms with Crippen LogP contribution in [0, 0.1) is 6.92 Å². The standard InChI is InChI=1S/C13H16O2S/c1-10-3-6-12(7-4-10)16(14,15)13-8-5-11(2)9-13/h3-7,13H,8-9H2,1-2H3. The molecule has 0 aromatic heterocycles. The van der Waals surface area contributed by atoms with E-state index in [9.17, 15) is 8.42 Å². The van der Waals surface area contributed by atoms with Crippen LogP contribution in [0.2, 0.25) is 0 Å². The van der Waals surface area contributed by atoms with Gasteiger partial charge < -0.3 is 0 Å². The van der Waals surface area contributed by atoms with Crippen LogP contribution in [0.5, 0.6) is 0 Å². The number of benzene rings is 1. The maximum absolute atomic E-state index is 12.3. The average molecular weight is 236 g/mol. The summed E-state index contributed by atoms with van der Waals surface area (Å²) in [5.41, 5.74) is 2.26. The minimum absolute atomic E-state index is 0.254. The first-order valence-corrected chi connectivity index (χ1v) is 7.01. The van der Waals surface area contributed by atoms with Crippen molar-refractivity contribution in [3.63, 3.8) is 0 Å². The fraction of sp³-hybridized carbons (Fsp3) is 0.385. The summed E-state index contributed by atoms with van der Waals surface area (Å²) in [4.78, 5) is 0.450. The maximum Gasteiger partial charge on any atom is 0.181 e. The van der Waals surface area contributed by atoms with Crippen molar-refractivity contribution in [2.24, 2.45) is 0 Å². The lowest BCUT2D eigenvalue weighted by Gasteiger charge is -2.11. The van der Waals surface area contributed by atoms with E-state index in [-0.39, 0.29) is 5.25 Å². The molecule has 0 saturated heterocycles. The lowest BCUT2D eigenvalue weighted by Crippen LogP contribution is -2.18. The van der Waals surface area contributed by atoms with Crippen molar-refractivity contribution >= 4 is 9.84 Å². The van der Waals surface area contributed by atoms with Gasteiger partial charge in [-0.25, -0.2) is 8.42 Å². The SMILES string of the molecule is CC1=CCC(S(=O)(=O)c2ccc(C)cc2)C1. The fourth-order valence-electron chi connectivity index (χ4n) is 2.02. The van der Waals surface area contributed by atoms with Gasteiger partial charge in [0, 0.05) is 0 Å². The first-order valence-electron chi connectivity index (χ1n) is 5.46. The van der Waals surface area contributed by atoms with Gasteiger partial charge in [-0.15, -0.1) is 0 Å². The highest BCUT2D eigenvalue weighted by Gasteiger charge is 2.29. The zero-order valence-electron chi connectivity index (χ0n) is 9.60. The third-order valence-corrected chi connectivity index (χ3v) is 5.23. The van der Waals surface area contributed by atoms with E-state index in [1.807, 2.05) is 32.1 Å². The predicted molar refractivity (Wildman–Crippen MR) is 65.1 cm³/mol. The molecular formula is C13H16O2S. The zero-order valence-corrected chi connectivity index (χ0v) is 10.4. The molecular weight excluding hydrogens is 220 g/mol. The molecule has 0 heterocycles. The summed E-state index contributed by atoms with van der Waals surface area (Å²) in [5, 5.41) is -0.254. The Balaban J connectivity index is 2.30. The van der Waals surface area contributed by atoms with Crippen LogP contribution in [0.1, 0.15) is 25.3 Å². The van der Waals surface area contributed by atoms with Crippen LogP contribution in [0.15, 0.2) is 40.8 Å². The van der Waals surface area contributed by atoms with Gasteiger partial charge in [0.15, 0.2) is 9.84 Å². The molecule has 0 bridgehead atoms. The Bertz CT molecular complexity index is 509. The molecule has 16 heavy (non-hydrogen) atoms. The summed E-state index contributed by atoms with van der Waals surface area (Å²) >= 11 is 0. The van der Waals surface area contributed by atoms with Gasteiger partial charge in [0.1, 0.15) is 0 Å². The molecule has 0 spiro atoms. The van der Waals surface area contributed by atoms with Crippen molar-refractivity contribution in [1.29, 1.82) is 0 Å². The van der Waals surface area contributed by atoms with Crippen LogP contribution < -0.4 is 0 Å². The van der Waals surface area contributed by atoms with E-state index in [0.29, 0.717) is 17.7 Å². The number of allylic oxidation sites excluding steroid dienone is 2. The normalized spacial score (nSPS) is 20.9. The van der Waals surface area contributed by atoms with Crippen molar-refractivity contribution in [3.8, 4) is 0 Å². The lowest BCUT2D eigenvalue weighted by molar-refractivity contribution is 0.581. The molecule has 0 fully saturated rings. The summed E-state index contributed by atoms with van der Waals surface area (Å²) in [7, 11) is -3.14. The Morgan fingerprint density at radius 1 is 1.12 bits per heavy atom. The van der Waals surface area contributed by atoms with Crippen LogP contribution >= 0.6 is 0 Å². The molecule has 2 nitrogen and oxygen atoms in total. The van der Waals surface area contributed by atoms with E-state index in [0.717, 1.165) is 5.56 Å². The van der Waals surface area contributed by atoms with Gasteiger partial charge in [-0.1, -0.05) is 29.3 Å². The van der Waals surface area contributed by atoms with Gasteiger partial charge in [-0.3, -0.25) is 0 Å². The van der Waals surface area contributed by atoms with E-state index in [1.165, 1.54) is 5.57 Å². The first-order chi connectivity index (χ1) is 7.50. The van der Waals surface area contributed by atoms with Crippen LogP contribution in [-0.2, 0) is 9.84 Å². The van der Waals surface area contributed by atoms with Crippen LogP contribution in [-0.4, -0.2) is 13.7 Å². The molecule has 2 rings (SSSR count). The lowest BCUT2D eigenvalue weighted by atomic mass is 10.2. The quantitative estimate of drug-likeness (QED) is 0.740. The third-order valence-electron chi connectivity index (χ3n) is 3.07. The van der Waals surface area contributed by atoms with E-state index in [1.54, 1.807) is 12.1 Å². The molecule has 0 radical (unpaired) electrons. The van der Waals surface area contributed by atoms with E-state index < -0.39 is 9.84 Å². The molecule has 3 heteroatoms. The van der Waals surface area contributed by atoms with Crippen LogP contribution in [0.3, 0.4) is 0 Å². The number of sulfone groups is 1. The zero-order chi connectivity index (χ0) is 11.8. The van der Waals surface area contributed by atoms with Gasteiger partial charge in [-0.2, -0.15) is 0 Å². The second-order valence-electron chi connectivity index (χ2n) is 4.47. The summed E-state index contributed by atoms with van der Waals surface area (Å²) < 4.78 is 24.5. The minimum atomic E-state index is -3.14. The maximum atomic E-state index is 12.3. The fourth-order valence-corrected chi connectivity index (χ4v) is 3.75. The van der Waals surface area contributed by atoms with Gasteiger partial charge >= 0.3 is 0 Å². The molecule has 1 aromatic rings. The Kier molecular flexibility index (Phi) is 2.89. The highest BCUT2D eigenvalue weighted by molar-refractivity contribution is 7.92. The van der Waals surface area contributed by atoms with E-state index in [4.69, 9.17) is 0 Å². The number of hydrogen-bond acceptors (Lipinski definition) is 2. The number of aryl methyl sites for hydroxylation is 1. The third kappa shape index (κ3) is 2.05. The van der Waals surface area contributed by atoms with Gasteiger partial charge in [0.25, 0.3) is 0 Å². The molecule has 1 aliphatic carbocycles. The molecule has 1 atom stereocenters.